The van der Waals surface area contributed by atoms with Crippen molar-refractivity contribution in [2.45, 2.75) is 13.1 Å². The highest BCUT2D eigenvalue weighted by atomic mass is 19.5. The molecule has 2 heterocycles. The monoisotopic (exact) mass is 281 g/mol. The normalized spacial score (nSPS) is 18.5. The molecule has 0 N–H and O–H groups in total. The van der Waals surface area contributed by atoms with Crippen LogP contribution in [0.25, 0.3) is 0 Å². The minimum atomic E-state index is -6.00. The van der Waals surface area contributed by atoms with Crippen LogP contribution in [-0.4, -0.2) is 60.5 Å². The van der Waals surface area contributed by atoms with E-state index in [1.807, 2.05) is 0 Å². The molecule has 0 fully saturated rings. The summed E-state index contributed by atoms with van der Waals surface area (Å²) in [7, 11) is -1.82. The second-order valence-corrected chi connectivity index (χ2v) is 4.55. The molecular weight excluding hydrogens is 263 g/mol. The molecule has 2 aliphatic rings. The Hall–Kier alpha value is -1.54. The predicted octanol–water partition coefficient (Wildman–Crippen LogP) is 1.98. The fourth-order valence-corrected chi connectivity index (χ4v) is 1.78. The second-order valence-electron chi connectivity index (χ2n) is 4.55. The van der Waals surface area contributed by atoms with E-state index in [2.05, 4.69) is 65.4 Å². The zero-order valence-corrected chi connectivity index (χ0v) is 11.2. The van der Waals surface area contributed by atoms with Gasteiger partial charge in [-0.15, -0.1) is 0 Å². The summed E-state index contributed by atoms with van der Waals surface area (Å²) in [5, 5.41) is 0. The van der Waals surface area contributed by atoms with Gasteiger partial charge >= 0.3 is 7.25 Å². The van der Waals surface area contributed by atoms with Crippen molar-refractivity contribution in [3.05, 3.63) is 24.8 Å². The summed E-state index contributed by atoms with van der Waals surface area (Å²) in [5.41, 5.74) is 0. The van der Waals surface area contributed by atoms with Crippen LogP contribution in [0.3, 0.4) is 0 Å². The van der Waals surface area contributed by atoms with Gasteiger partial charge in [-0.25, -0.2) is 0 Å². The largest absolute Gasteiger partial charge is 0.673 e. The minimum Gasteiger partial charge on any atom is -0.418 e. The minimum absolute atomic E-state index is 0.428. The molecule has 19 heavy (non-hydrogen) atoms. The molecule has 0 radical (unpaired) electrons. The summed E-state index contributed by atoms with van der Waals surface area (Å²) < 4.78 is 39.0. The summed E-state index contributed by atoms with van der Waals surface area (Å²) in [6, 6.07) is 0. The third-order valence-electron chi connectivity index (χ3n) is 2.76. The molecule has 0 aromatic rings. The van der Waals surface area contributed by atoms with Crippen molar-refractivity contribution in [3.63, 3.8) is 0 Å². The number of halogens is 4. The average molecular weight is 281 g/mol. The molecule has 0 saturated carbocycles. The van der Waals surface area contributed by atoms with Gasteiger partial charge in [0.25, 0.3) is 0 Å². The fourth-order valence-electron chi connectivity index (χ4n) is 1.78. The van der Waals surface area contributed by atoms with Gasteiger partial charge in [0, 0.05) is 38.9 Å². The van der Waals surface area contributed by atoms with Gasteiger partial charge in [0.15, 0.2) is 0 Å². The quantitative estimate of drug-likeness (QED) is 0.567. The molecular formula is C10H18BF4N4-. The Morgan fingerprint density at radius 1 is 0.842 bits per heavy atom. The third-order valence-corrected chi connectivity index (χ3v) is 2.76. The van der Waals surface area contributed by atoms with Crippen LogP contribution in [-0.2, 0) is 0 Å². The lowest BCUT2D eigenvalue weighted by Crippen LogP contribution is -2.42. The smallest absolute Gasteiger partial charge is 0.418 e. The Morgan fingerprint density at radius 3 is 1.37 bits per heavy atom. The molecule has 0 amide bonds. The lowest BCUT2D eigenvalue weighted by Gasteiger charge is -2.33. The van der Waals surface area contributed by atoms with Gasteiger partial charge in [-0.05, 0) is 6.92 Å². The Balaban J connectivity index is 0.000000312. The van der Waals surface area contributed by atoms with Gasteiger partial charge < -0.3 is 36.9 Å². The van der Waals surface area contributed by atoms with Crippen molar-refractivity contribution in [3.8, 4) is 0 Å². The first-order valence-corrected chi connectivity index (χ1v) is 5.83. The maximum absolute atomic E-state index is 9.75. The van der Waals surface area contributed by atoms with E-state index in [0.717, 1.165) is 13.3 Å². The van der Waals surface area contributed by atoms with E-state index in [4.69, 9.17) is 0 Å². The lowest BCUT2D eigenvalue weighted by atomic mass is 10.3. The van der Waals surface area contributed by atoms with Crippen molar-refractivity contribution in [1.29, 1.82) is 0 Å². The second kappa shape index (κ2) is 6.07. The molecule has 110 valence electrons. The maximum Gasteiger partial charge on any atom is 0.673 e. The Kier molecular flexibility index (Phi) is 4.96. The van der Waals surface area contributed by atoms with Gasteiger partial charge in [-0.2, -0.15) is 0 Å². The van der Waals surface area contributed by atoms with Crippen LogP contribution in [0.15, 0.2) is 24.8 Å². The van der Waals surface area contributed by atoms with E-state index >= 15 is 0 Å². The van der Waals surface area contributed by atoms with Crippen LogP contribution in [0.5, 0.6) is 0 Å². The van der Waals surface area contributed by atoms with Crippen LogP contribution in [0.4, 0.5) is 17.3 Å². The van der Waals surface area contributed by atoms with Crippen molar-refractivity contribution in [2.75, 3.05) is 27.4 Å². The first-order valence-electron chi connectivity index (χ1n) is 5.83. The standard InChI is InChI=1S/C10H18N4.BF4/c1-10(13-6-4-11(2)8-13)14-7-5-12(3)9-14;2-1(3,4)5/h4-7,10H,8-9H2,1-3H3;/q;-1. The molecule has 0 spiro atoms. The molecule has 0 aliphatic carbocycles. The zero-order chi connectivity index (χ0) is 14.6. The average Bonchev–Trinajstić information content (AvgIpc) is 2.84. The summed E-state index contributed by atoms with van der Waals surface area (Å²) in [5.74, 6) is 0. The third kappa shape index (κ3) is 5.76. The van der Waals surface area contributed by atoms with Gasteiger partial charge in [0.2, 0.25) is 0 Å². The number of nitrogens with zero attached hydrogens (tertiary/aromatic N) is 4. The summed E-state index contributed by atoms with van der Waals surface area (Å²) in [4.78, 5) is 9.01. The molecule has 4 nitrogen and oxygen atoms in total. The van der Waals surface area contributed by atoms with E-state index in [9.17, 15) is 17.3 Å². The molecule has 2 rings (SSSR count). The Bertz CT molecular complexity index is 315. The molecule has 9 heteroatoms. The molecule has 0 atom stereocenters. The highest BCUT2D eigenvalue weighted by Crippen LogP contribution is 2.16. The molecule has 0 saturated heterocycles. The molecule has 0 aromatic heterocycles. The summed E-state index contributed by atoms with van der Waals surface area (Å²) >= 11 is 0. The van der Waals surface area contributed by atoms with E-state index in [1.165, 1.54) is 0 Å². The number of hydrogen-bond donors (Lipinski definition) is 0. The molecule has 0 unspecified atom stereocenters. The molecule has 0 aromatic carbocycles. The van der Waals surface area contributed by atoms with Crippen molar-refractivity contribution in [1.82, 2.24) is 19.6 Å². The number of rotatable bonds is 2. The topological polar surface area (TPSA) is 13.0 Å². The van der Waals surface area contributed by atoms with Gasteiger partial charge in [-0.1, -0.05) is 0 Å². The van der Waals surface area contributed by atoms with Gasteiger partial charge in [-0.3, -0.25) is 0 Å². The van der Waals surface area contributed by atoms with E-state index in [-0.39, 0.29) is 0 Å². The van der Waals surface area contributed by atoms with E-state index in [1.54, 1.807) is 0 Å². The fraction of sp³-hybridized carbons (Fsp3) is 0.600. The first kappa shape index (κ1) is 15.5. The SMILES string of the molecule is CC(N1C=CN(C)C1)N1C=CN(C)C1.F[B-](F)(F)F. The number of hydrogen-bond acceptors (Lipinski definition) is 4. The van der Waals surface area contributed by atoms with E-state index < -0.39 is 7.25 Å². The van der Waals surface area contributed by atoms with Crippen LogP contribution in [0.2, 0.25) is 0 Å². The predicted molar refractivity (Wildman–Crippen MR) is 66.9 cm³/mol. The maximum atomic E-state index is 9.75. The van der Waals surface area contributed by atoms with Crippen LogP contribution in [0.1, 0.15) is 6.92 Å². The Labute approximate surface area is 110 Å². The molecule has 0 bridgehead atoms. The van der Waals surface area contributed by atoms with Crippen molar-refractivity contribution < 1.29 is 17.3 Å². The van der Waals surface area contributed by atoms with Crippen molar-refractivity contribution in [2.24, 2.45) is 0 Å². The summed E-state index contributed by atoms with van der Waals surface area (Å²) in [6.07, 6.45) is 8.95. The Morgan fingerprint density at radius 2 is 1.16 bits per heavy atom. The van der Waals surface area contributed by atoms with Crippen molar-refractivity contribution >= 4 is 7.25 Å². The highest BCUT2D eigenvalue weighted by Gasteiger charge is 2.22. The lowest BCUT2D eigenvalue weighted by molar-refractivity contribution is 0.105. The van der Waals surface area contributed by atoms with Crippen LogP contribution in [0, 0.1) is 0 Å². The first-order chi connectivity index (χ1) is 8.66. The zero-order valence-electron chi connectivity index (χ0n) is 11.2. The van der Waals surface area contributed by atoms with Crippen LogP contribution < -0.4 is 0 Å². The van der Waals surface area contributed by atoms with Gasteiger partial charge in [0.05, 0.1) is 13.3 Å². The molecule has 2 aliphatic heterocycles. The van der Waals surface area contributed by atoms with Crippen LogP contribution >= 0.6 is 0 Å². The van der Waals surface area contributed by atoms with Gasteiger partial charge in [0.1, 0.15) is 6.17 Å². The summed E-state index contributed by atoms with van der Waals surface area (Å²) in [6.45, 7) is 4.19. The highest BCUT2D eigenvalue weighted by molar-refractivity contribution is 6.50. The van der Waals surface area contributed by atoms with E-state index in [0.29, 0.717) is 6.17 Å².